The maximum Gasteiger partial charge on any atom is 0.211 e. The Morgan fingerprint density at radius 1 is 0.914 bits per heavy atom. The molecule has 2 bridgehead atoms. The van der Waals surface area contributed by atoms with Gasteiger partial charge in [-0.15, -0.1) is 11.3 Å². The molecule has 3 atom stereocenters. The molecule has 7 nitrogen and oxygen atoms in total. The van der Waals surface area contributed by atoms with Crippen LogP contribution in [-0.4, -0.2) is 39.3 Å². The number of rotatable bonds is 8. The van der Waals surface area contributed by atoms with Crippen LogP contribution in [0.1, 0.15) is 12.8 Å². The van der Waals surface area contributed by atoms with E-state index in [0.717, 1.165) is 28.2 Å². The summed E-state index contributed by atoms with van der Waals surface area (Å²) in [6.07, 6.45) is 9.14. The Kier molecular flexibility index (Phi) is 6.63. The van der Waals surface area contributed by atoms with Gasteiger partial charge in [0.25, 0.3) is 0 Å². The zero-order chi connectivity index (χ0) is 24.4. The highest BCUT2D eigenvalue weighted by Crippen LogP contribution is 2.43. The number of hydrogen-bond donors (Lipinski definition) is 0. The predicted molar refractivity (Wildman–Crippen MR) is 138 cm³/mol. The molecule has 2 aliphatic rings. The molecule has 2 aliphatic carbocycles. The summed E-state index contributed by atoms with van der Waals surface area (Å²) in [5.74, 6) is 4.12. The molecule has 1 aromatic heterocycles. The fourth-order valence-electron chi connectivity index (χ4n) is 4.89. The minimum absolute atomic E-state index is 0.435. The number of fused-ring (bicyclic) bond motifs is 2. The van der Waals surface area contributed by atoms with Gasteiger partial charge in [0.15, 0.2) is 11.5 Å². The van der Waals surface area contributed by atoms with E-state index >= 15 is 0 Å². The van der Waals surface area contributed by atoms with E-state index in [1.54, 1.807) is 28.4 Å². The molecule has 0 saturated heterocycles. The van der Waals surface area contributed by atoms with Gasteiger partial charge in [-0.1, -0.05) is 24.3 Å². The molecule has 35 heavy (non-hydrogen) atoms. The Hall–Kier alpha value is -3.52. The van der Waals surface area contributed by atoms with Crippen LogP contribution >= 0.6 is 11.3 Å². The van der Waals surface area contributed by atoms with Crippen molar-refractivity contribution in [1.82, 2.24) is 4.68 Å². The first-order valence-corrected chi connectivity index (χ1v) is 12.4. The predicted octanol–water partition coefficient (Wildman–Crippen LogP) is 5.53. The lowest BCUT2D eigenvalue weighted by molar-refractivity contribution is 0.324. The van der Waals surface area contributed by atoms with Crippen LogP contribution in [0.5, 0.6) is 23.0 Å². The van der Waals surface area contributed by atoms with Crippen molar-refractivity contribution in [3.63, 3.8) is 0 Å². The third kappa shape index (κ3) is 4.46. The minimum Gasteiger partial charge on any atom is -0.494 e. The fourth-order valence-corrected chi connectivity index (χ4v) is 5.74. The van der Waals surface area contributed by atoms with Crippen molar-refractivity contribution in [3.05, 3.63) is 58.7 Å². The van der Waals surface area contributed by atoms with Gasteiger partial charge in [0.2, 0.25) is 10.6 Å². The van der Waals surface area contributed by atoms with E-state index in [1.165, 1.54) is 17.8 Å². The summed E-state index contributed by atoms with van der Waals surface area (Å²) in [5, 5.41) is 7.02. The van der Waals surface area contributed by atoms with Crippen LogP contribution in [0.15, 0.2) is 64.0 Å². The lowest BCUT2D eigenvalue weighted by atomic mass is 9.95. The number of allylic oxidation sites excluding steroid dienone is 2. The Bertz CT molecular complexity index is 1320. The summed E-state index contributed by atoms with van der Waals surface area (Å²) in [6, 6.07) is 11.6. The first kappa shape index (κ1) is 23.2. The maximum absolute atomic E-state index is 5.59. The van der Waals surface area contributed by atoms with Crippen LogP contribution in [0.25, 0.3) is 11.3 Å². The molecule has 1 heterocycles. The number of methoxy groups -OCH3 is 4. The molecule has 5 rings (SSSR count). The molecule has 3 aromatic rings. The van der Waals surface area contributed by atoms with Gasteiger partial charge in [-0.25, -0.2) is 9.67 Å². The summed E-state index contributed by atoms with van der Waals surface area (Å²) in [7, 11) is 6.49. The van der Waals surface area contributed by atoms with E-state index in [4.69, 9.17) is 29.0 Å². The molecule has 0 radical (unpaired) electrons. The molecular weight excluding hydrogens is 462 g/mol. The lowest BCUT2D eigenvalue weighted by Crippen LogP contribution is -2.15. The van der Waals surface area contributed by atoms with Crippen LogP contribution in [0, 0.1) is 17.8 Å². The molecule has 0 aliphatic heterocycles. The molecule has 0 spiro atoms. The van der Waals surface area contributed by atoms with Gasteiger partial charge in [0.05, 0.1) is 34.1 Å². The second-order valence-electron chi connectivity index (χ2n) is 8.62. The van der Waals surface area contributed by atoms with Crippen LogP contribution in [0.4, 0.5) is 5.69 Å². The van der Waals surface area contributed by atoms with Gasteiger partial charge in [0, 0.05) is 23.1 Å². The second-order valence-corrected chi connectivity index (χ2v) is 9.46. The standard InChI is InChI=1S/C27H29N3O4S/c1-31-23-8-6-5-7-21(23)29-27-30(28-15-20-12-17-9-10-18(20)11-17)22(16-35-27)19-13-24(32-2)26(34-4)25(14-19)33-3/h5-10,13-18,20H,11-12H2,1-4H3. The van der Waals surface area contributed by atoms with E-state index in [2.05, 4.69) is 18.4 Å². The van der Waals surface area contributed by atoms with Gasteiger partial charge in [-0.05, 0) is 48.9 Å². The first-order valence-electron chi connectivity index (χ1n) is 11.6. The number of benzene rings is 2. The van der Waals surface area contributed by atoms with E-state index in [1.807, 2.05) is 46.5 Å². The van der Waals surface area contributed by atoms with E-state index < -0.39 is 0 Å². The normalized spacial score (nSPS) is 21.1. The van der Waals surface area contributed by atoms with Gasteiger partial charge in [-0.3, -0.25) is 0 Å². The highest BCUT2D eigenvalue weighted by molar-refractivity contribution is 7.07. The number of ether oxygens (including phenoxy) is 4. The average Bonchev–Trinajstić information content (AvgIpc) is 3.63. The lowest BCUT2D eigenvalue weighted by Gasteiger charge is -2.15. The average molecular weight is 492 g/mol. The highest BCUT2D eigenvalue weighted by Gasteiger charge is 2.34. The van der Waals surface area contributed by atoms with Crippen molar-refractivity contribution in [2.24, 2.45) is 27.8 Å². The number of thiazole rings is 1. The number of para-hydroxylation sites is 2. The summed E-state index contributed by atoms with van der Waals surface area (Å²) >= 11 is 1.52. The quantitative estimate of drug-likeness (QED) is 0.307. The molecular formula is C27H29N3O4S. The number of nitrogens with zero attached hydrogens (tertiary/aromatic N) is 3. The summed E-state index contributed by atoms with van der Waals surface area (Å²) in [5.41, 5.74) is 2.53. The van der Waals surface area contributed by atoms with Crippen molar-refractivity contribution in [1.29, 1.82) is 0 Å². The van der Waals surface area contributed by atoms with Crippen molar-refractivity contribution in [2.75, 3.05) is 28.4 Å². The minimum atomic E-state index is 0.435. The zero-order valence-corrected chi connectivity index (χ0v) is 21.1. The van der Waals surface area contributed by atoms with E-state index in [9.17, 15) is 0 Å². The molecule has 182 valence electrons. The van der Waals surface area contributed by atoms with E-state index in [-0.39, 0.29) is 0 Å². The fraction of sp³-hybridized carbons (Fsp3) is 0.333. The Morgan fingerprint density at radius 2 is 1.66 bits per heavy atom. The number of aromatic nitrogens is 1. The molecule has 3 unspecified atom stereocenters. The molecule has 0 N–H and O–H groups in total. The topological polar surface area (TPSA) is 66.6 Å². The molecule has 1 saturated carbocycles. The molecule has 0 amide bonds. The van der Waals surface area contributed by atoms with Crippen molar-refractivity contribution >= 4 is 23.2 Å². The van der Waals surface area contributed by atoms with Crippen molar-refractivity contribution < 1.29 is 18.9 Å². The molecule has 1 fully saturated rings. The molecule has 8 heteroatoms. The maximum atomic E-state index is 5.59. The van der Waals surface area contributed by atoms with Crippen LogP contribution in [-0.2, 0) is 0 Å². The smallest absolute Gasteiger partial charge is 0.211 e. The summed E-state index contributed by atoms with van der Waals surface area (Å²) in [4.78, 5) is 5.66. The van der Waals surface area contributed by atoms with E-state index in [0.29, 0.717) is 40.8 Å². The molecule has 2 aromatic carbocycles. The second kappa shape index (κ2) is 10.00. The van der Waals surface area contributed by atoms with Crippen LogP contribution < -0.4 is 23.7 Å². The SMILES string of the molecule is COc1ccccc1N=c1scc(-c2cc(OC)c(OC)c(OC)c2)n1N=CC1CC2C=CC1C2. The largest absolute Gasteiger partial charge is 0.494 e. The summed E-state index contributed by atoms with van der Waals surface area (Å²) in [6.45, 7) is 0. The Labute approximate surface area is 209 Å². The monoisotopic (exact) mass is 491 g/mol. The van der Waals surface area contributed by atoms with Crippen molar-refractivity contribution in [2.45, 2.75) is 12.8 Å². The number of hydrogen-bond acceptors (Lipinski definition) is 7. The van der Waals surface area contributed by atoms with Gasteiger partial charge >= 0.3 is 0 Å². The van der Waals surface area contributed by atoms with Gasteiger partial charge < -0.3 is 18.9 Å². The van der Waals surface area contributed by atoms with Crippen LogP contribution in [0.3, 0.4) is 0 Å². The summed E-state index contributed by atoms with van der Waals surface area (Å²) < 4.78 is 24.1. The third-order valence-electron chi connectivity index (χ3n) is 6.65. The Morgan fingerprint density at radius 3 is 2.29 bits per heavy atom. The van der Waals surface area contributed by atoms with Crippen molar-refractivity contribution in [3.8, 4) is 34.3 Å². The zero-order valence-electron chi connectivity index (χ0n) is 20.3. The highest BCUT2D eigenvalue weighted by atomic mass is 32.1. The van der Waals surface area contributed by atoms with Gasteiger partial charge in [-0.2, -0.15) is 5.10 Å². The van der Waals surface area contributed by atoms with Gasteiger partial charge in [0.1, 0.15) is 11.4 Å². The van der Waals surface area contributed by atoms with Crippen LogP contribution in [0.2, 0.25) is 0 Å². The Balaban J connectivity index is 1.64. The first-order chi connectivity index (χ1) is 17.1. The third-order valence-corrected chi connectivity index (χ3v) is 7.47.